The number of ether oxygens (including phenoxy) is 2. The average Bonchev–Trinajstić information content (AvgIpc) is 2.91. The molecule has 0 saturated carbocycles. The molecule has 0 fully saturated rings. The minimum Gasteiger partial charge on any atom is -0.493 e. The number of aliphatic carboxylic acids is 1. The Morgan fingerprint density at radius 2 is 1.41 bits per heavy atom. The van der Waals surface area contributed by atoms with E-state index in [0.717, 1.165) is 48.3 Å². The molecule has 0 aliphatic heterocycles. The SMILES string of the molecule is O=C(O)CCCCC(/C=C\Cc1ccc(OCCCOc2ccccc2)cc1)c1ccc(C(=O)O)cc1. The molecule has 37 heavy (non-hydrogen) atoms. The number of unbranched alkanes of at least 4 members (excludes halogenated alkanes) is 1. The molecule has 0 aliphatic carbocycles. The van der Waals surface area contributed by atoms with Gasteiger partial charge in [0.1, 0.15) is 11.5 Å². The average molecular weight is 503 g/mol. The van der Waals surface area contributed by atoms with Crippen molar-refractivity contribution in [2.45, 2.75) is 44.4 Å². The number of allylic oxidation sites excluding steroid dienone is 2. The van der Waals surface area contributed by atoms with Crippen LogP contribution in [-0.2, 0) is 11.2 Å². The molecule has 2 N–H and O–H groups in total. The van der Waals surface area contributed by atoms with E-state index in [2.05, 4.69) is 12.2 Å². The summed E-state index contributed by atoms with van der Waals surface area (Å²) in [5.74, 6) is 0.0400. The molecule has 0 aliphatic rings. The van der Waals surface area contributed by atoms with Gasteiger partial charge in [-0.3, -0.25) is 4.79 Å². The van der Waals surface area contributed by atoms with E-state index in [4.69, 9.17) is 19.7 Å². The van der Waals surface area contributed by atoms with Crippen LogP contribution in [-0.4, -0.2) is 35.4 Å². The van der Waals surface area contributed by atoms with Gasteiger partial charge in [0.05, 0.1) is 18.8 Å². The molecule has 0 radical (unpaired) electrons. The number of carbonyl (C=O) groups is 2. The molecule has 3 aromatic rings. The van der Waals surface area contributed by atoms with Crippen LogP contribution in [0, 0.1) is 0 Å². The molecule has 0 aromatic heterocycles. The van der Waals surface area contributed by atoms with E-state index in [0.29, 0.717) is 19.6 Å². The first-order valence-electron chi connectivity index (χ1n) is 12.6. The predicted molar refractivity (Wildman–Crippen MR) is 144 cm³/mol. The number of carboxylic acid groups (broad SMARTS) is 2. The van der Waals surface area contributed by atoms with Gasteiger partial charge in [0.25, 0.3) is 0 Å². The Morgan fingerprint density at radius 1 is 0.757 bits per heavy atom. The third-order valence-electron chi connectivity index (χ3n) is 5.96. The van der Waals surface area contributed by atoms with Crippen molar-refractivity contribution < 1.29 is 29.3 Å². The summed E-state index contributed by atoms with van der Waals surface area (Å²) < 4.78 is 11.5. The topological polar surface area (TPSA) is 93.1 Å². The van der Waals surface area contributed by atoms with Gasteiger partial charge in [-0.2, -0.15) is 0 Å². The summed E-state index contributed by atoms with van der Waals surface area (Å²) in [5.41, 5.74) is 2.43. The molecule has 3 rings (SSSR count). The van der Waals surface area contributed by atoms with Gasteiger partial charge in [0, 0.05) is 18.8 Å². The van der Waals surface area contributed by atoms with Crippen LogP contribution in [0.5, 0.6) is 11.5 Å². The van der Waals surface area contributed by atoms with E-state index in [9.17, 15) is 9.59 Å². The molecular weight excluding hydrogens is 468 g/mol. The summed E-state index contributed by atoms with van der Waals surface area (Å²) in [4.78, 5) is 22.0. The summed E-state index contributed by atoms with van der Waals surface area (Å²) in [5, 5.41) is 18.1. The van der Waals surface area contributed by atoms with Crippen LogP contribution in [0.3, 0.4) is 0 Å². The van der Waals surface area contributed by atoms with Crippen molar-refractivity contribution in [1.29, 1.82) is 0 Å². The van der Waals surface area contributed by atoms with Gasteiger partial charge in [-0.15, -0.1) is 0 Å². The fraction of sp³-hybridized carbons (Fsp3) is 0.290. The van der Waals surface area contributed by atoms with Crippen LogP contribution in [0.1, 0.15) is 59.5 Å². The number of aromatic carboxylic acids is 1. The zero-order valence-electron chi connectivity index (χ0n) is 20.9. The van der Waals surface area contributed by atoms with Crippen LogP contribution in [0.4, 0.5) is 0 Å². The lowest BCUT2D eigenvalue weighted by molar-refractivity contribution is -0.137. The zero-order valence-corrected chi connectivity index (χ0v) is 20.9. The molecule has 6 heteroatoms. The molecule has 0 bridgehead atoms. The van der Waals surface area contributed by atoms with E-state index < -0.39 is 11.9 Å². The maximum absolute atomic E-state index is 11.2. The summed E-state index contributed by atoms with van der Waals surface area (Å²) >= 11 is 0. The second-order valence-corrected chi connectivity index (χ2v) is 8.81. The molecule has 3 aromatic carbocycles. The summed E-state index contributed by atoms with van der Waals surface area (Å²) in [6, 6.07) is 24.7. The molecule has 194 valence electrons. The van der Waals surface area contributed by atoms with Crippen LogP contribution < -0.4 is 9.47 Å². The van der Waals surface area contributed by atoms with Crippen LogP contribution >= 0.6 is 0 Å². The van der Waals surface area contributed by atoms with Crippen LogP contribution in [0.15, 0.2) is 91.0 Å². The van der Waals surface area contributed by atoms with Gasteiger partial charge in [-0.1, -0.05) is 61.0 Å². The fourth-order valence-electron chi connectivity index (χ4n) is 3.93. The standard InChI is InChI=1S/C31H34O6/c32-30(33)13-5-4-9-25(26-16-18-27(19-17-26)31(34)35)10-6-8-24-14-20-29(21-15-24)37-23-7-22-36-28-11-2-1-3-12-28/h1-3,6,10-12,14-21,25H,4-5,7-9,13,22-23H2,(H,32,33)(H,34,35)/b10-6-. The lowest BCUT2D eigenvalue weighted by Gasteiger charge is -2.14. The Labute approximate surface area is 218 Å². The predicted octanol–water partition coefficient (Wildman–Crippen LogP) is 6.76. The highest BCUT2D eigenvalue weighted by Crippen LogP contribution is 2.25. The van der Waals surface area contributed by atoms with Gasteiger partial charge in [-0.25, -0.2) is 4.79 Å². The first-order chi connectivity index (χ1) is 18.0. The highest BCUT2D eigenvalue weighted by molar-refractivity contribution is 5.87. The summed E-state index contributed by atoms with van der Waals surface area (Å²) in [6.45, 7) is 1.18. The second-order valence-electron chi connectivity index (χ2n) is 8.81. The second kappa shape index (κ2) is 15.1. The minimum atomic E-state index is -0.951. The van der Waals surface area contributed by atoms with Crippen molar-refractivity contribution in [2.24, 2.45) is 0 Å². The molecular formula is C31H34O6. The van der Waals surface area contributed by atoms with Crippen molar-refractivity contribution in [3.8, 4) is 11.5 Å². The normalized spacial score (nSPS) is 11.8. The summed E-state index contributed by atoms with van der Waals surface area (Å²) in [7, 11) is 0. The largest absolute Gasteiger partial charge is 0.493 e. The molecule has 0 spiro atoms. The smallest absolute Gasteiger partial charge is 0.335 e. The van der Waals surface area contributed by atoms with Crippen molar-refractivity contribution in [3.63, 3.8) is 0 Å². The number of para-hydroxylation sites is 1. The van der Waals surface area contributed by atoms with E-state index in [1.807, 2.05) is 66.7 Å². The van der Waals surface area contributed by atoms with Gasteiger partial charge in [-0.05, 0) is 66.8 Å². The maximum atomic E-state index is 11.2. The zero-order chi connectivity index (χ0) is 26.3. The molecule has 0 amide bonds. The summed E-state index contributed by atoms with van der Waals surface area (Å²) in [6.07, 6.45) is 8.15. The minimum absolute atomic E-state index is 0.0948. The molecule has 0 heterocycles. The highest BCUT2D eigenvalue weighted by Gasteiger charge is 2.10. The number of benzene rings is 3. The molecule has 6 nitrogen and oxygen atoms in total. The highest BCUT2D eigenvalue weighted by atomic mass is 16.5. The first kappa shape index (κ1) is 27.5. The van der Waals surface area contributed by atoms with E-state index in [1.165, 1.54) is 0 Å². The Hall–Kier alpha value is -4.06. The Morgan fingerprint density at radius 3 is 2.03 bits per heavy atom. The van der Waals surface area contributed by atoms with Gasteiger partial charge < -0.3 is 19.7 Å². The van der Waals surface area contributed by atoms with E-state index in [1.54, 1.807) is 12.1 Å². The number of hydrogen-bond donors (Lipinski definition) is 2. The monoisotopic (exact) mass is 502 g/mol. The van der Waals surface area contributed by atoms with Crippen LogP contribution in [0.25, 0.3) is 0 Å². The quantitative estimate of drug-likeness (QED) is 0.166. The Bertz CT molecular complexity index is 1120. The lowest BCUT2D eigenvalue weighted by Crippen LogP contribution is -2.04. The number of carboxylic acids is 2. The van der Waals surface area contributed by atoms with Crippen LogP contribution in [0.2, 0.25) is 0 Å². The lowest BCUT2D eigenvalue weighted by atomic mass is 9.91. The third kappa shape index (κ3) is 10.2. The number of hydrogen-bond acceptors (Lipinski definition) is 4. The van der Waals surface area contributed by atoms with Gasteiger partial charge >= 0.3 is 11.9 Å². The van der Waals surface area contributed by atoms with Crippen molar-refractivity contribution in [3.05, 3.63) is 108 Å². The van der Waals surface area contributed by atoms with Gasteiger partial charge in [0.15, 0.2) is 0 Å². The third-order valence-corrected chi connectivity index (χ3v) is 5.96. The maximum Gasteiger partial charge on any atom is 0.335 e. The molecule has 0 saturated heterocycles. The first-order valence-corrected chi connectivity index (χ1v) is 12.6. The fourth-order valence-corrected chi connectivity index (χ4v) is 3.93. The number of rotatable bonds is 16. The van der Waals surface area contributed by atoms with E-state index >= 15 is 0 Å². The molecule has 1 atom stereocenters. The van der Waals surface area contributed by atoms with Crippen molar-refractivity contribution in [2.75, 3.05) is 13.2 Å². The Kier molecular flexibility index (Phi) is 11.3. The molecule has 1 unspecified atom stereocenters. The Balaban J connectivity index is 1.47. The van der Waals surface area contributed by atoms with E-state index in [-0.39, 0.29) is 17.9 Å². The van der Waals surface area contributed by atoms with Crippen molar-refractivity contribution in [1.82, 2.24) is 0 Å². The van der Waals surface area contributed by atoms with Gasteiger partial charge in [0.2, 0.25) is 0 Å². The van der Waals surface area contributed by atoms with Crippen molar-refractivity contribution >= 4 is 11.9 Å².